The molecule has 0 saturated carbocycles. The third kappa shape index (κ3) is 17.5. The molecule has 0 aliphatic rings. The molecule has 0 amide bonds. The van der Waals surface area contributed by atoms with Gasteiger partial charge in [-0.1, -0.05) is 19.3 Å². The van der Waals surface area contributed by atoms with Gasteiger partial charge in [-0.25, -0.2) is 0 Å². The number of nitrogens with one attached hydrogen (secondary N) is 2. The van der Waals surface area contributed by atoms with E-state index in [4.69, 9.17) is 9.47 Å². The number of rotatable bonds is 16. The molecule has 144 valence electrons. The zero-order chi connectivity index (χ0) is 17.9. The van der Waals surface area contributed by atoms with Gasteiger partial charge in [0.25, 0.3) is 0 Å². The summed E-state index contributed by atoms with van der Waals surface area (Å²) in [5, 5.41) is 6.70. The van der Waals surface area contributed by atoms with Gasteiger partial charge in [-0.05, 0) is 46.8 Å². The maximum atomic E-state index is 5.44. The Bertz CT molecular complexity index is 286. The van der Waals surface area contributed by atoms with Crippen molar-refractivity contribution < 1.29 is 9.47 Å². The van der Waals surface area contributed by atoms with Gasteiger partial charge in [-0.2, -0.15) is 0 Å². The standard InChI is InChI=1S/C18H40N4O2/c1-5-19-18(21-13-11-15-24-17-16-23-4)20-12-9-7-6-8-10-14-22(2)3/h5-17H2,1-4H3,(H2,19,20,21). The molecule has 0 aromatic rings. The molecule has 0 heterocycles. The lowest BCUT2D eigenvalue weighted by molar-refractivity contribution is 0.0702. The number of nitrogens with zero attached hydrogens (tertiary/aromatic N) is 2. The van der Waals surface area contributed by atoms with Crippen molar-refractivity contribution in [2.45, 2.75) is 45.4 Å². The van der Waals surface area contributed by atoms with Gasteiger partial charge >= 0.3 is 0 Å². The van der Waals surface area contributed by atoms with E-state index < -0.39 is 0 Å². The van der Waals surface area contributed by atoms with Crippen molar-refractivity contribution >= 4 is 5.96 Å². The van der Waals surface area contributed by atoms with Gasteiger partial charge in [0, 0.05) is 33.4 Å². The second-order valence-electron chi connectivity index (χ2n) is 6.22. The molecular formula is C18H40N4O2. The van der Waals surface area contributed by atoms with Crippen molar-refractivity contribution in [3.8, 4) is 0 Å². The first-order chi connectivity index (χ1) is 11.7. The highest BCUT2D eigenvalue weighted by molar-refractivity contribution is 5.79. The molecule has 6 heteroatoms. The summed E-state index contributed by atoms with van der Waals surface area (Å²) in [6, 6.07) is 0. The SMILES string of the molecule is CCNC(=NCCCOCCOC)NCCCCCCCN(C)C. The van der Waals surface area contributed by atoms with E-state index in [-0.39, 0.29) is 0 Å². The van der Waals surface area contributed by atoms with Crippen molar-refractivity contribution in [3.63, 3.8) is 0 Å². The van der Waals surface area contributed by atoms with Gasteiger partial charge in [0.1, 0.15) is 0 Å². The van der Waals surface area contributed by atoms with Gasteiger partial charge in [-0.3, -0.25) is 4.99 Å². The van der Waals surface area contributed by atoms with Crippen LogP contribution in [0.2, 0.25) is 0 Å². The van der Waals surface area contributed by atoms with E-state index in [0.717, 1.165) is 38.6 Å². The predicted octanol–water partition coefficient (Wildman–Crippen LogP) is 2.11. The van der Waals surface area contributed by atoms with Crippen LogP contribution >= 0.6 is 0 Å². The average Bonchev–Trinajstić information content (AvgIpc) is 2.56. The fraction of sp³-hybridized carbons (Fsp3) is 0.944. The summed E-state index contributed by atoms with van der Waals surface area (Å²) < 4.78 is 10.4. The maximum Gasteiger partial charge on any atom is 0.191 e. The molecule has 2 N–H and O–H groups in total. The smallest absolute Gasteiger partial charge is 0.191 e. The molecule has 0 unspecified atom stereocenters. The number of hydrogen-bond acceptors (Lipinski definition) is 4. The average molecular weight is 345 g/mol. The summed E-state index contributed by atoms with van der Waals surface area (Å²) in [7, 11) is 5.96. The van der Waals surface area contributed by atoms with Crippen LogP contribution in [0.5, 0.6) is 0 Å². The minimum Gasteiger partial charge on any atom is -0.382 e. The van der Waals surface area contributed by atoms with Crippen molar-refractivity contribution in [1.82, 2.24) is 15.5 Å². The highest BCUT2D eigenvalue weighted by Gasteiger charge is 1.97. The first kappa shape index (κ1) is 23.1. The molecule has 0 saturated heterocycles. The molecule has 0 radical (unpaired) electrons. The number of hydrogen-bond donors (Lipinski definition) is 2. The van der Waals surface area contributed by atoms with Crippen LogP contribution in [0.3, 0.4) is 0 Å². The summed E-state index contributed by atoms with van der Waals surface area (Å²) >= 11 is 0. The third-order valence-corrected chi connectivity index (χ3v) is 3.57. The van der Waals surface area contributed by atoms with E-state index in [1.54, 1.807) is 7.11 Å². The zero-order valence-corrected chi connectivity index (χ0v) is 16.4. The Kier molecular flexibility index (Phi) is 17.8. The van der Waals surface area contributed by atoms with E-state index in [2.05, 4.69) is 41.5 Å². The van der Waals surface area contributed by atoms with E-state index in [1.165, 1.54) is 38.6 Å². The quantitative estimate of drug-likeness (QED) is 0.255. The minimum absolute atomic E-state index is 0.655. The Hall–Kier alpha value is -0.850. The number of unbranched alkanes of at least 4 members (excludes halogenated alkanes) is 4. The molecule has 0 aromatic carbocycles. The molecule has 0 rings (SSSR count). The van der Waals surface area contributed by atoms with Gasteiger partial charge in [0.15, 0.2) is 5.96 Å². The second kappa shape index (κ2) is 18.5. The Morgan fingerprint density at radius 1 is 0.917 bits per heavy atom. The lowest BCUT2D eigenvalue weighted by Crippen LogP contribution is -2.37. The fourth-order valence-corrected chi connectivity index (χ4v) is 2.23. The van der Waals surface area contributed by atoms with Crippen LogP contribution in [0.4, 0.5) is 0 Å². The predicted molar refractivity (Wildman–Crippen MR) is 103 cm³/mol. The highest BCUT2D eigenvalue weighted by Crippen LogP contribution is 2.02. The van der Waals surface area contributed by atoms with Crippen LogP contribution in [0.25, 0.3) is 0 Å². The Morgan fingerprint density at radius 2 is 1.67 bits per heavy atom. The zero-order valence-electron chi connectivity index (χ0n) is 16.4. The molecule has 0 fully saturated rings. The molecular weight excluding hydrogens is 304 g/mol. The largest absolute Gasteiger partial charge is 0.382 e. The van der Waals surface area contributed by atoms with Gasteiger partial charge in [-0.15, -0.1) is 0 Å². The second-order valence-corrected chi connectivity index (χ2v) is 6.22. The van der Waals surface area contributed by atoms with Crippen LogP contribution < -0.4 is 10.6 Å². The number of methoxy groups -OCH3 is 1. The first-order valence-electron chi connectivity index (χ1n) is 9.44. The van der Waals surface area contributed by atoms with Crippen LogP contribution in [-0.2, 0) is 9.47 Å². The summed E-state index contributed by atoms with van der Waals surface area (Å²) in [5.41, 5.74) is 0. The van der Waals surface area contributed by atoms with E-state index in [1.807, 2.05) is 0 Å². The highest BCUT2D eigenvalue weighted by atomic mass is 16.5. The minimum atomic E-state index is 0.655. The molecule has 0 bridgehead atoms. The monoisotopic (exact) mass is 344 g/mol. The van der Waals surface area contributed by atoms with E-state index in [9.17, 15) is 0 Å². The summed E-state index contributed by atoms with van der Waals surface area (Å²) in [6.07, 6.45) is 7.38. The Balaban J connectivity index is 3.59. The van der Waals surface area contributed by atoms with E-state index >= 15 is 0 Å². The van der Waals surface area contributed by atoms with Crippen LogP contribution in [-0.4, -0.2) is 78.1 Å². The van der Waals surface area contributed by atoms with Crippen molar-refractivity contribution in [2.24, 2.45) is 4.99 Å². The van der Waals surface area contributed by atoms with Crippen molar-refractivity contribution in [3.05, 3.63) is 0 Å². The summed E-state index contributed by atoms with van der Waals surface area (Å²) in [5.74, 6) is 0.919. The van der Waals surface area contributed by atoms with Crippen LogP contribution in [0.15, 0.2) is 4.99 Å². The van der Waals surface area contributed by atoms with E-state index in [0.29, 0.717) is 13.2 Å². The summed E-state index contributed by atoms with van der Waals surface area (Å²) in [4.78, 5) is 6.83. The van der Waals surface area contributed by atoms with Crippen molar-refractivity contribution in [1.29, 1.82) is 0 Å². The number of aliphatic imine (C=N–C) groups is 1. The number of ether oxygens (including phenoxy) is 2. The van der Waals surface area contributed by atoms with Crippen LogP contribution in [0.1, 0.15) is 45.4 Å². The van der Waals surface area contributed by atoms with Crippen LogP contribution in [0, 0.1) is 0 Å². The normalized spacial score (nSPS) is 12.0. The molecule has 6 nitrogen and oxygen atoms in total. The first-order valence-corrected chi connectivity index (χ1v) is 9.44. The molecule has 24 heavy (non-hydrogen) atoms. The molecule has 0 aliphatic heterocycles. The molecule has 0 spiro atoms. The topological polar surface area (TPSA) is 58.1 Å². The lowest BCUT2D eigenvalue weighted by Gasteiger charge is -2.11. The number of guanidine groups is 1. The lowest BCUT2D eigenvalue weighted by atomic mass is 10.1. The van der Waals surface area contributed by atoms with Gasteiger partial charge in [0.2, 0.25) is 0 Å². The Labute approximate surface area is 149 Å². The third-order valence-electron chi connectivity index (χ3n) is 3.57. The molecule has 0 atom stereocenters. The Morgan fingerprint density at radius 3 is 2.38 bits per heavy atom. The molecule has 0 aromatic heterocycles. The molecule has 0 aliphatic carbocycles. The summed E-state index contributed by atoms with van der Waals surface area (Å²) in [6.45, 7) is 8.01. The van der Waals surface area contributed by atoms with Gasteiger partial charge in [0.05, 0.1) is 13.2 Å². The van der Waals surface area contributed by atoms with Crippen molar-refractivity contribution in [2.75, 3.05) is 67.2 Å². The maximum absolute atomic E-state index is 5.44. The van der Waals surface area contributed by atoms with Gasteiger partial charge < -0.3 is 25.0 Å². The fourth-order valence-electron chi connectivity index (χ4n) is 2.23.